The molecule has 6 heteroatoms. The fourth-order valence-electron chi connectivity index (χ4n) is 1.43. The molecule has 0 fully saturated rings. The van der Waals surface area contributed by atoms with Crippen molar-refractivity contribution in [3.05, 3.63) is 34.2 Å². The average molecular weight is 263 g/mol. The zero-order valence-electron chi connectivity index (χ0n) is 10.1. The lowest BCUT2D eigenvalue weighted by Crippen LogP contribution is -2.12. The van der Waals surface area contributed by atoms with Crippen LogP contribution in [0.3, 0.4) is 0 Å². The van der Waals surface area contributed by atoms with Crippen LogP contribution in [0.2, 0.25) is 0 Å². The van der Waals surface area contributed by atoms with Gasteiger partial charge in [0.25, 0.3) is 5.91 Å². The van der Waals surface area contributed by atoms with Gasteiger partial charge in [-0.25, -0.2) is 4.98 Å². The van der Waals surface area contributed by atoms with E-state index in [9.17, 15) is 4.79 Å². The van der Waals surface area contributed by atoms with E-state index in [0.717, 1.165) is 5.56 Å². The second kappa shape index (κ2) is 5.05. The maximum atomic E-state index is 12.0. The first-order valence-corrected chi connectivity index (χ1v) is 6.14. The summed E-state index contributed by atoms with van der Waals surface area (Å²) in [7, 11) is 1.53. The molecule has 3 N–H and O–H groups in total. The molecule has 1 amide bonds. The Kier molecular flexibility index (Phi) is 3.47. The quantitative estimate of drug-likeness (QED) is 0.890. The van der Waals surface area contributed by atoms with Crippen LogP contribution in [0, 0.1) is 6.92 Å². The molecule has 94 valence electrons. The lowest BCUT2D eigenvalue weighted by atomic mass is 10.2. The van der Waals surface area contributed by atoms with Crippen molar-refractivity contribution in [2.45, 2.75) is 6.92 Å². The van der Waals surface area contributed by atoms with Gasteiger partial charge in [-0.05, 0) is 30.0 Å². The van der Waals surface area contributed by atoms with Gasteiger partial charge >= 0.3 is 0 Å². The Hall–Kier alpha value is -2.08. The summed E-state index contributed by atoms with van der Waals surface area (Å²) in [5.74, 6) is 0.797. The number of hydrogen-bond acceptors (Lipinski definition) is 5. The lowest BCUT2D eigenvalue weighted by molar-refractivity contribution is 0.102. The van der Waals surface area contributed by atoms with Crippen LogP contribution < -0.4 is 15.8 Å². The molecule has 0 bridgehead atoms. The molecule has 2 aromatic heterocycles. The molecule has 0 aromatic carbocycles. The van der Waals surface area contributed by atoms with Gasteiger partial charge in [-0.3, -0.25) is 4.79 Å². The molecule has 5 nitrogen and oxygen atoms in total. The van der Waals surface area contributed by atoms with Gasteiger partial charge in [-0.2, -0.15) is 0 Å². The Labute approximate surface area is 109 Å². The van der Waals surface area contributed by atoms with Crippen LogP contribution in [0.25, 0.3) is 0 Å². The number of nitrogen functional groups attached to an aromatic ring is 1. The van der Waals surface area contributed by atoms with E-state index < -0.39 is 0 Å². The first-order valence-electron chi connectivity index (χ1n) is 5.26. The van der Waals surface area contributed by atoms with Gasteiger partial charge in [0.05, 0.1) is 19.0 Å². The van der Waals surface area contributed by atoms with Crippen molar-refractivity contribution < 1.29 is 9.53 Å². The Balaban J connectivity index is 2.19. The molecule has 2 heterocycles. The monoisotopic (exact) mass is 263 g/mol. The van der Waals surface area contributed by atoms with Crippen LogP contribution in [0.15, 0.2) is 23.7 Å². The Morgan fingerprint density at radius 1 is 1.56 bits per heavy atom. The molecule has 0 aliphatic rings. The molecule has 0 unspecified atom stereocenters. The summed E-state index contributed by atoms with van der Waals surface area (Å²) in [6.45, 7) is 1.86. The summed E-state index contributed by atoms with van der Waals surface area (Å²) in [5, 5.41) is 4.51. The molecular formula is C12H13N3O2S. The van der Waals surface area contributed by atoms with Crippen molar-refractivity contribution in [1.29, 1.82) is 0 Å². The SMILES string of the molecule is COc1ccsc1C(=O)Nc1cc(C)c(N)cn1. The average Bonchev–Trinajstić information content (AvgIpc) is 2.82. The van der Waals surface area contributed by atoms with E-state index >= 15 is 0 Å². The van der Waals surface area contributed by atoms with Crippen molar-refractivity contribution in [2.75, 3.05) is 18.2 Å². The number of nitrogens with zero attached hydrogens (tertiary/aromatic N) is 1. The topological polar surface area (TPSA) is 77.2 Å². The fourth-order valence-corrected chi connectivity index (χ4v) is 2.19. The number of nitrogens with two attached hydrogens (primary N) is 1. The summed E-state index contributed by atoms with van der Waals surface area (Å²) in [4.78, 5) is 16.6. The number of nitrogens with one attached hydrogen (secondary N) is 1. The third-order valence-corrected chi connectivity index (χ3v) is 3.34. The number of anilines is 2. The van der Waals surface area contributed by atoms with E-state index in [1.54, 1.807) is 17.5 Å². The summed E-state index contributed by atoms with van der Waals surface area (Å²) < 4.78 is 5.10. The van der Waals surface area contributed by atoms with Crippen LogP contribution in [0.5, 0.6) is 5.75 Å². The van der Waals surface area contributed by atoms with E-state index in [2.05, 4.69) is 10.3 Å². The second-order valence-electron chi connectivity index (χ2n) is 3.70. The smallest absolute Gasteiger partial charge is 0.270 e. The predicted molar refractivity (Wildman–Crippen MR) is 72.2 cm³/mol. The molecule has 2 rings (SSSR count). The molecule has 18 heavy (non-hydrogen) atoms. The minimum absolute atomic E-state index is 0.237. The van der Waals surface area contributed by atoms with Crippen LogP contribution in [0.4, 0.5) is 11.5 Å². The third-order valence-electron chi connectivity index (χ3n) is 2.45. The lowest BCUT2D eigenvalue weighted by Gasteiger charge is -2.06. The van der Waals surface area contributed by atoms with Gasteiger partial charge in [-0.1, -0.05) is 0 Å². The number of ether oxygens (including phenoxy) is 1. The Morgan fingerprint density at radius 3 is 3.00 bits per heavy atom. The van der Waals surface area contributed by atoms with E-state index in [4.69, 9.17) is 10.5 Å². The van der Waals surface area contributed by atoms with Crippen molar-refractivity contribution in [2.24, 2.45) is 0 Å². The molecular weight excluding hydrogens is 250 g/mol. The molecule has 0 spiro atoms. The van der Waals surface area contributed by atoms with Gasteiger partial charge in [0.1, 0.15) is 16.4 Å². The first-order chi connectivity index (χ1) is 8.61. The maximum absolute atomic E-state index is 12.0. The molecule has 0 aliphatic heterocycles. The Morgan fingerprint density at radius 2 is 2.33 bits per heavy atom. The highest BCUT2D eigenvalue weighted by atomic mass is 32.1. The standard InChI is InChI=1S/C12H13N3O2S/c1-7-5-10(14-6-8(7)13)15-12(16)11-9(17-2)3-4-18-11/h3-6H,13H2,1-2H3,(H,14,15,16). The van der Waals surface area contributed by atoms with Gasteiger partial charge in [-0.15, -0.1) is 11.3 Å². The van der Waals surface area contributed by atoms with Gasteiger partial charge in [0.2, 0.25) is 0 Å². The number of hydrogen-bond donors (Lipinski definition) is 2. The molecule has 0 saturated carbocycles. The molecule has 0 radical (unpaired) electrons. The summed E-state index contributed by atoms with van der Waals surface area (Å²) >= 11 is 1.32. The zero-order valence-corrected chi connectivity index (χ0v) is 10.9. The number of pyridine rings is 1. The predicted octanol–water partition coefficient (Wildman–Crippen LogP) is 2.29. The Bertz CT molecular complexity index is 580. The van der Waals surface area contributed by atoms with E-state index in [-0.39, 0.29) is 5.91 Å². The first kappa shape index (κ1) is 12.4. The van der Waals surface area contributed by atoms with Crippen LogP contribution >= 0.6 is 11.3 Å². The number of methoxy groups -OCH3 is 1. The summed E-state index contributed by atoms with van der Waals surface area (Å²) in [5.41, 5.74) is 7.14. The van der Waals surface area contributed by atoms with Gasteiger partial charge in [0, 0.05) is 0 Å². The highest BCUT2D eigenvalue weighted by Gasteiger charge is 2.14. The third kappa shape index (κ3) is 2.43. The maximum Gasteiger partial charge on any atom is 0.270 e. The number of amides is 1. The molecule has 2 aromatic rings. The number of aryl methyl sites for hydroxylation is 1. The molecule has 0 saturated heterocycles. The number of carbonyl (C=O) groups is 1. The van der Waals surface area contributed by atoms with Gasteiger partial charge < -0.3 is 15.8 Å². The normalized spacial score (nSPS) is 10.1. The van der Waals surface area contributed by atoms with Crippen molar-refractivity contribution in [3.63, 3.8) is 0 Å². The summed E-state index contributed by atoms with van der Waals surface area (Å²) in [6, 6.07) is 3.48. The van der Waals surface area contributed by atoms with Crippen LogP contribution in [0.1, 0.15) is 15.2 Å². The zero-order chi connectivity index (χ0) is 13.1. The number of rotatable bonds is 3. The highest BCUT2D eigenvalue weighted by molar-refractivity contribution is 7.12. The molecule has 0 atom stereocenters. The van der Waals surface area contributed by atoms with Crippen molar-refractivity contribution in [1.82, 2.24) is 4.98 Å². The van der Waals surface area contributed by atoms with Crippen LogP contribution in [-0.4, -0.2) is 18.0 Å². The highest BCUT2D eigenvalue weighted by Crippen LogP contribution is 2.25. The number of aromatic nitrogens is 1. The van der Waals surface area contributed by atoms with E-state index in [0.29, 0.717) is 22.1 Å². The number of carbonyl (C=O) groups excluding carboxylic acids is 1. The number of thiophene rings is 1. The van der Waals surface area contributed by atoms with E-state index in [1.165, 1.54) is 24.6 Å². The molecule has 0 aliphatic carbocycles. The largest absolute Gasteiger partial charge is 0.495 e. The fraction of sp³-hybridized carbons (Fsp3) is 0.167. The minimum atomic E-state index is -0.237. The minimum Gasteiger partial charge on any atom is -0.495 e. The second-order valence-corrected chi connectivity index (χ2v) is 4.61. The van der Waals surface area contributed by atoms with Crippen molar-refractivity contribution >= 4 is 28.7 Å². The van der Waals surface area contributed by atoms with E-state index in [1.807, 2.05) is 6.92 Å². The van der Waals surface area contributed by atoms with Crippen LogP contribution in [-0.2, 0) is 0 Å². The van der Waals surface area contributed by atoms with Crippen molar-refractivity contribution in [3.8, 4) is 5.75 Å². The summed E-state index contributed by atoms with van der Waals surface area (Å²) in [6.07, 6.45) is 1.52. The van der Waals surface area contributed by atoms with Gasteiger partial charge in [0.15, 0.2) is 0 Å².